The molecule has 0 saturated carbocycles. The Bertz CT molecular complexity index is 146. The van der Waals surface area contributed by atoms with Gasteiger partial charge in [0.05, 0.1) is 0 Å². The van der Waals surface area contributed by atoms with Crippen molar-refractivity contribution in [3.8, 4) is 0 Å². The highest BCUT2D eigenvalue weighted by atomic mass is 35.5. The predicted molar refractivity (Wildman–Crippen MR) is 36.4 cm³/mol. The molecule has 0 bridgehead atoms. The van der Waals surface area contributed by atoms with Gasteiger partial charge in [0.1, 0.15) is 5.38 Å². The van der Waals surface area contributed by atoms with Crippen molar-refractivity contribution in [2.45, 2.75) is 17.8 Å². The lowest BCUT2D eigenvalue weighted by molar-refractivity contribution is -0.119. The minimum atomic E-state index is -0.354. The Morgan fingerprint density at radius 2 is 2.56 bits per heavy atom. The van der Waals surface area contributed by atoms with E-state index >= 15 is 0 Å². The van der Waals surface area contributed by atoms with Crippen LogP contribution >= 0.6 is 11.6 Å². The molecular weight excluding hydrogens is 138 g/mol. The van der Waals surface area contributed by atoms with Crippen LogP contribution < -0.4 is 5.32 Å². The SMILES string of the molecule is C=CC1CC(Cl)C(=O)N1. The van der Waals surface area contributed by atoms with E-state index in [2.05, 4.69) is 11.9 Å². The maximum atomic E-state index is 10.7. The highest BCUT2D eigenvalue weighted by Crippen LogP contribution is 2.13. The standard InChI is InChI=1S/C6H8ClNO/c1-2-4-3-5(7)6(9)8-4/h2,4-5H,1,3H2,(H,8,9). The van der Waals surface area contributed by atoms with Crippen molar-refractivity contribution in [2.24, 2.45) is 0 Å². The second-order valence-corrected chi connectivity index (χ2v) is 2.58. The van der Waals surface area contributed by atoms with Gasteiger partial charge in [-0.25, -0.2) is 0 Å². The van der Waals surface area contributed by atoms with Crippen molar-refractivity contribution < 1.29 is 4.79 Å². The van der Waals surface area contributed by atoms with Gasteiger partial charge >= 0.3 is 0 Å². The van der Waals surface area contributed by atoms with Crippen LogP contribution in [0.5, 0.6) is 0 Å². The number of amides is 1. The van der Waals surface area contributed by atoms with Crippen molar-refractivity contribution in [3.63, 3.8) is 0 Å². The first-order valence-corrected chi connectivity index (χ1v) is 3.24. The molecule has 0 radical (unpaired) electrons. The van der Waals surface area contributed by atoms with E-state index in [1.54, 1.807) is 6.08 Å². The second kappa shape index (κ2) is 2.40. The predicted octanol–water partition coefficient (Wildman–Crippen LogP) is 0.668. The third-order valence-electron chi connectivity index (χ3n) is 1.36. The van der Waals surface area contributed by atoms with E-state index in [9.17, 15) is 4.79 Å². The number of carbonyl (C=O) groups excluding carboxylic acids is 1. The van der Waals surface area contributed by atoms with Crippen LogP contribution in [0.2, 0.25) is 0 Å². The fraction of sp³-hybridized carbons (Fsp3) is 0.500. The highest BCUT2D eigenvalue weighted by molar-refractivity contribution is 6.31. The maximum absolute atomic E-state index is 10.7. The van der Waals surface area contributed by atoms with Crippen molar-refractivity contribution in [2.75, 3.05) is 0 Å². The van der Waals surface area contributed by atoms with Crippen molar-refractivity contribution in [1.82, 2.24) is 5.32 Å². The molecule has 1 aliphatic heterocycles. The minimum absolute atomic E-state index is 0.0819. The molecule has 3 heteroatoms. The molecule has 0 aromatic rings. The fourth-order valence-corrected chi connectivity index (χ4v) is 1.07. The van der Waals surface area contributed by atoms with Crippen LogP contribution in [0.25, 0.3) is 0 Å². The summed E-state index contributed by atoms with van der Waals surface area (Å²) in [6.45, 7) is 3.54. The van der Waals surface area contributed by atoms with Gasteiger partial charge in [-0.1, -0.05) is 6.08 Å². The molecular formula is C6H8ClNO. The summed E-state index contributed by atoms with van der Waals surface area (Å²) in [6.07, 6.45) is 2.37. The molecule has 0 spiro atoms. The fourth-order valence-electron chi connectivity index (χ4n) is 0.817. The number of alkyl halides is 1. The van der Waals surface area contributed by atoms with E-state index in [-0.39, 0.29) is 17.3 Å². The summed E-state index contributed by atoms with van der Waals surface area (Å²) in [4.78, 5) is 10.7. The smallest absolute Gasteiger partial charge is 0.238 e. The molecule has 1 N–H and O–H groups in total. The quantitative estimate of drug-likeness (QED) is 0.427. The molecule has 2 unspecified atom stereocenters. The van der Waals surface area contributed by atoms with Gasteiger partial charge in [-0.15, -0.1) is 18.2 Å². The average molecular weight is 146 g/mol. The van der Waals surface area contributed by atoms with E-state index in [0.717, 1.165) is 0 Å². The molecule has 1 saturated heterocycles. The van der Waals surface area contributed by atoms with Gasteiger partial charge in [0.2, 0.25) is 5.91 Å². The van der Waals surface area contributed by atoms with E-state index in [4.69, 9.17) is 11.6 Å². The zero-order valence-corrected chi connectivity index (χ0v) is 5.69. The van der Waals surface area contributed by atoms with Crippen molar-refractivity contribution >= 4 is 17.5 Å². The lowest BCUT2D eigenvalue weighted by Gasteiger charge is -1.98. The molecule has 1 aliphatic rings. The van der Waals surface area contributed by atoms with Gasteiger partial charge in [-0.05, 0) is 6.42 Å². The largest absolute Gasteiger partial charge is 0.349 e. The molecule has 0 aromatic heterocycles. The first-order chi connectivity index (χ1) is 4.24. The Kier molecular flexibility index (Phi) is 1.76. The summed E-state index contributed by atoms with van der Waals surface area (Å²) in [5, 5.41) is 2.31. The van der Waals surface area contributed by atoms with Crippen molar-refractivity contribution in [1.29, 1.82) is 0 Å². The normalized spacial score (nSPS) is 34.1. The third kappa shape index (κ3) is 1.24. The van der Waals surface area contributed by atoms with Crippen LogP contribution in [0.4, 0.5) is 0 Å². The Balaban J connectivity index is 2.53. The average Bonchev–Trinajstić information content (AvgIpc) is 2.13. The molecule has 2 nitrogen and oxygen atoms in total. The van der Waals surface area contributed by atoms with Gasteiger partial charge in [0, 0.05) is 6.04 Å². The van der Waals surface area contributed by atoms with Crippen LogP contribution in [-0.4, -0.2) is 17.3 Å². The van der Waals surface area contributed by atoms with Crippen LogP contribution in [0, 0.1) is 0 Å². The summed E-state index contributed by atoms with van der Waals surface area (Å²) in [5.74, 6) is -0.0819. The van der Waals surface area contributed by atoms with Crippen LogP contribution in [-0.2, 0) is 4.79 Å². The van der Waals surface area contributed by atoms with Crippen LogP contribution in [0.3, 0.4) is 0 Å². The molecule has 0 aliphatic carbocycles. The molecule has 1 rings (SSSR count). The first-order valence-electron chi connectivity index (χ1n) is 2.81. The second-order valence-electron chi connectivity index (χ2n) is 2.05. The summed E-state index contributed by atoms with van der Waals surface area (Å²) in [7, 11) is 0. The number of rotatable bonds is 1. The lowest BCUT2D eigenvalue weighted by atomic mass is 10.2. The number of carbonyl (C=O) groups is 1. The minimum Gasteiger partial charge on any atom is -0.349 e. The number of halogens is 1. The molecule has 2 atom stereocenters. The highest BCUT2D eigenvalue weighted by Gasteiger charge is 2.27. The monoisotopic (exact) mass is 145 g/mol. The molecule has 1 heterocycles. The van der Waals surface area contributed by atoms with Gasteiger partial charge in [-0.3, -0.25) is 4.79 Å². The van der Waals surface area contributed by atoms with Crippen LogP contribution in [0.15, 0.2) is 12.7 Å². The summed E-state index contributed by atoms with van der Waals surface area (Å²) in [5.41, 5.74) is 0. The molecule has 50 valence electrons. The van der Waals surface area contributed by atoms with E-state index in [1.165, 1.54) is 0 Å². The lowest BCUT2D eigenvalue weighted by Crippen LogP contribution is -2.24. The van der Waals surface area contributed by atoms with Crippen LogP contribution in [0.1, 0.15) is 6.42 Å². The van der Waals surface area contributed by atoms with E-state index in [0.29, 0.717) is 6.42 Å². The topological polar surface area (TPSA) is 29.1 Å². The zero-order valence-electron chi connectivity index (χ0n) is 4.93. The van der Waals surface area contributed by atoms with E-state index in [1.807, 2.05) is 0 Å². The summed E-state index contributed by atoms with van der Waals surface area (Å²) < 4.78 is 0. The number of hydrogen-bond donors (Lipinski definition) is 1. The summed E-state index contributed by atoms with van der Waals surface area (Å²) in [6, 6.07) is 0.0833. The van der Waals surface area contributed by atoms with Gasteiger partial charge in [-0.2, -0.15) is 0 Å². The Hall–Kier alpha value is -0.500. The number of hydrogen-bond acceptors (Lipinski definition) is 1. The Morgan fingerprint density at radius 3 is 2.78 bits per heavy atom. The Labute approximate surface area is 58.9 Å². The molecule has 1 amide bonds. The van der Waals surface area contributed by atoms with E-state index < -0.39 is 0 Å². The molecule has 0 aromatic carbocycles. The molecule has 9 heavy (non-hydrogen) atoms. The Morgan fingerprint density at radius 1 is 1.89 bits per heavy atom. The van der Waals surface area contributed by atoms with Gasteiger partial charge in [0.25, 0.3) is 0 Å². The molecule has 1 fully saturated rings. The third-order valence-corrected chi connectivity index (χ3v) is 1.73. The summed E-state index contributed by atoms with van der Waals surface area (Å²) >= 11 is 5.58. The van der Waals surface area contributed by atoms with Gasteiger partial charge in [0.15, 0.2) is 0 Å². The zero-order chi connectivity index (χ0) is 6.85. The van der Waals surface area contributed by atoms with Crippen molar-refractivity contribution in [3.05, 3.63) is 12.7 Å². The maximum Gasteiger partial charge on any atom is 0.238 e. The first kappa shape index (κ1) is 6.62. The van der Waals surface area contributed by atoms with Gasteiger partial charge < -0.3 is 5.32 Å². The number of nitrogens with one attached hydrogen (secondary N) is 1.